The Balaban J connectivity index is 1.86. The summed E-state index contributed by atoms with van der Waals surface area (Å²) in [6, 6.07) is 11.8. The van der Waals surface area contributed by atoms with Crippen LogP contribution in [0.3, 0.4) is 0 Å². The van der Waals surface area contributed by atoms with Gasteiger partial charge in [0, 0.05) is 24.2 Å². The van der Waals surface area contributed by atoms with E-state index in [2.05, 4.69) is 18.7 Å². The molecule has 31 heavy (non-hydrogen) atoms. The normalized spacial score (nSPS) is 15.7. The second-order valence-corrected chi connectivity index (χ2v) is 7.95. The van der Waals surface area contributed by atoms with E-state index in [1.807, 2.05) is 12.1 Å². The molecule has 1 amide bonds. The van der Waals surface area contributed by atoms with Crippen LogP contribution in [0.1, 0.15) is 41.6 Å². The largest absolute Gasteiger partial charge is 0.497 e. The van der Waals surface area contributed by atoms with Crippen molar-refractivity contribution in [2.45, 2.75) is 19.9 Å². The molecule has 0 spiro atoms. The summed E-state index contributed by atoms with van der Waals surface area (Å²) in [5.74, 6) is 0.392. The number of methoxy groups -OCH3 is 1. The third-order valence-corrected chi connectivity index (χ3v) is 6.16. The molecule has 6 nitrogen and oxygen atoms in total. The number of halogens is 1. The van der Waals surface area contributed by atoms with E-state index < -0.39 is 6.04 Å². The van der Waals surface area contributed by atoms with Crippen molar-refractivity contribution < 1.29 is 13.9 Å². The fourth-order valence-corrected chi connectivity index (χ4v) is 4.26. The van der Waals surface area contributed by atoms with E-state index in [-0.39, 0.29) is 17.1 Å². The van der Waals surface area contributed by atoms with Crippen LogP contribution in [0.25, 0.3) is 11.0 Å². The van der Waals surface area contributed by atoms with Gasteiger partial charge in [0.25, 0.3) is 5.91 Å². The first-order valence-electron chi connectivity index (χ1n) is 10.4. The predicted molar refractivity (Wildman–Crippen MR) is 121 cm³/mol. The molecule has 0 fully saturated rings. The van der Waals surface area contributed by atoms with Crippen LogP contribution >= 0.6 is 11.6 Å². The van der Waals surface area contributed by atoms with Crippen LogP contribution in [-0.2, 0) is 0 Å². The van der Waals surface area contributed by atoms with Crippen molar-refractivity contribution >= 4 is 28.5 Å². The first-order chi connectivity index (χ1) is 15.0. The van der Waals surface area contributed by atoms with E-state index >= 15 is 0 Å². The summed E-state index contributed by atoms with van der Waals surface area (Å²) in [5, 5.41) is 1.03. The topological polar surface area (TPSA) is 63.0 Å². The molecule has 2 heterocycles. The summed E-state index contributed by atoms with van der Waals surface area (Å²) < 4.78 is 11.2. The smallest absolute Gasteiger partial charge is 0.290 e. The van der Waals surface area contributed by atoms with Crippen LogP contribution in [0.4, 0.5) is 0 Å². The van der Waals surface area contributed by atoms with Crippen molar-refractivity contribution in [3.05, 3.63) is 74.6 Å². The molecular weight excluding hydrogens is 416 g/mol. The van der Waals surface area contributed by atoms with E-state index in [4.69, 9.17) is 20.8 Å². The van der Waals surface area contributed by atoms with Gasteiger partial charge in [-0.05, 0) is 42.9 Å². The van der Waals surface area contributed by atoms with Crippen LogP contribution in [0.2, 0.25) is 5.02 Å². The number of hydrogen-bond donors (Lipinski definition) is 0. The molecule has 1 aliphatic rings. The fourth-order valence-electron chi connectivity index (χ4n) is 4.14. The molecular formula is C24H25ClN2O4. The van der Waals surface area contributed by atoms with Crippen molar-refractivity contribution in [1.82, 2.24) is 9.80 Å². The number of rotatable bonds is 7. The first-order valence-corrected chi connectivity index (χ1v) is 10.8. The van der Waals surface area contributed by atoms with E-state index in [1.165, 1.54) is 0 Å². The molecule has 1 aliphatic heterocycles. The van der Waals surface area contributed by atoms with Gasteiger partial charge in [-0.1, -0.05) is 37.6 Å². The zero-order valence-corrected chi connectivity index (χ0v) is 18.6. The van der Waals surface area contributed by atoms with E-state index in [9.17, 15) is 9.59 Å². The fraction of sp³-hybridized carbons (Fsp3) is 0.333. The van der Waals surface area contributed by atoms with Gasteiger partial charge in [0.1, 0.15) is 11.3 Å². The number of likely N-dealkylation sites (N-methyl/N-ethyl adjacent to an activating group) is 1. The van der Waals surface area contributed by atoms with Gasteiger partial charge < -0.3 is 19.0 Å². The minimum atomic E-state index is -0.516. The number of carbonyl (C=O) groups is 1. The van der Waals surface area contributed by atoms with E-state index in [0.717, 1.165) is 18.7 Å². The molecule has 0 bridgehead atoms. The quantitative estimate of drug-likeness (QED) is 0.546. The lowest BCUT2D eigenvalue weighted by Gasteiger charge is -2.28. The van der Waals surface area contributed by atoms with Crippen LogP contribution < -0.4 is 10.2 Å². The Kier molecular flexibility index (Phi) is 6.03. The van der Waals surface area contributed by atoms with Gasteiger partial charge in [-0.2, -0.15) is 0 Å². The van der Waals surface area contributed by atoms with Gasteiger partial charge in [-0.3, -0.25) is 9.59 Å². The maximum atomic E-state index is 13.5. The number of ether oxygens (including phenoxy) is 1. The average molecular weight is 441 g/mol. The van der Waals surface area contributed by atoms with Crippen molar-refractivity contribution in [1.29, 1.82) is 0 Å². The van der Waals surface area contributed by atoms with Crippen LogP contribution in [0.15, 0.2) is 51.7 Å². The molecule has 1 aromatic heterocycles. The number of hydrogen-bond acceptors (Lipinski definition) is 5. The highest BCUT2D eigenvalue weighted by Crippen LogP contribution is 2.38. The number of fused-ring (bicyclic) bond motifs is 2. The van der Waals surface area contributed by atoms with Gasteiger partial charge in [-0.15, -0.1) is 0 Å². The summed E-state index contributed by atoms with van der Waals surface area (Å²) in [7, 11) is 1.54. The molecule has 3 aromatic rings. The number of amides is 1. The average Bonchev–Trinajstić information content (AvgIpc) is 3.06. The minimum absolute atomic E-state index is 0.102. The Labute approximate surface area is 186 Å². The third-order valence-electron chi connectivity index (χ3n) is 5.91. The molecule has 0 radical (unpaired) electrons. The molecule has 2 aromatic carbocycles. The van der Waals surface area contributed by atoms with Gasteiger partial charge in [0.05, 0.1) is 24.1 Å². The van der Waals surface area contributed by atoms with Crippen molar-refractivity contribution in [3.63, 3.8) is 0 Å². The van der Waals surface area contributed by atoms with Gasteiger partial charge in [-0.25, -0.2) is 0 Å². The highest BCUT2D eigenvalue weighted by Gasteiger charge is 2.42. The summed E-state index contributed by atoms with van der Waals surface area (Å²) in [6.07, 6.45) is 0. The summed E-state index contributed by atoms with van der Waals surface area (Å²) in [4.78, 5) is 30.9. The molecule has 162 valence electrons. The molecule has 0 aliphatic carbocycles. The molecule has 0 saturated carbocycles. The molecule has 0 saturated heterocycles. The predicted octanol–water partition coefficient (Wildman–Crippen LogP) is 4.34. The van der Waals surface area contributed by atoms with E-state index in [0.29, 0.717) is 40.4 Å². The standard InChI is InChI=1S/C24H25ClN2O4/c1-4-26(5-2)12-13-27-21(15-6-8-16(25)9-7-15)20-22(28)18-11-10-17(30-3)14-19(18)31-23(20)24(27)29/h6-11,14,21H,4-5,12-13H2,1-3H3. The number of nitrogens with zero attached hydrogens (tertiary/aromatic N) is 2. The minimum Gasteiger partial charge on any atom is -0.497 e. The Morgan fingerprint density at radius 1 is 1.10 bits per heavy atom. The third kappa shape index (κ3) is 3.82. The van der Waals surface area contributed by atoms with Crippen molar-refractivity contribution in [2.75, 3.05) is 33.3 Å². The Morgan fingerprint density at radius 2 is 1.81 bits per heavy atom. The lowest BCUT2D eigenvalue weighted by atomic mass is 9.98. The zero-order valence-electron chi connectivity index (χ0n) is 17.9. The molecule has 4 rings (SSSR count). The second-order valence-electron chi connectivity index (χ2n) is 7.52. The van der Waals surface area contributed by atoms with Gasteiger partial charge in [0.2, 0.25) is 5.76 Å². The Hall–Kier alpha value is -2.83. The number of carbonyl (C=O) groups excluding carboxylic acids is 1. The zero-order chi connectivity index (χ0) is 22.1. The summed E-state index contributed by atoms with van der Waals surface area (Å²) in [5.41, 5.74) is 1.36. The van der Waals surface area contributed by atoms with Gasteiger partial charge >= 0.3 is 0 Å². The first kappa shape index (κ1) is 21.4. The van der Waals surface area contributed by atoms with Crippen LogP contribution in [0.5, 0.6) is 5.75 Å². The molecule has 1 atom stereocenters. The van der Waals surface area contributed by atoms with E-state index in [1.54, 1.807) is 42.3 Å². The molecule has 1 unspecified atom stereocenters. The monoisotopic (exact) mass is 440 g/mol. The Bertz CT molecular complexity index is 1170. The van der Waals surface area contributed by atoms with Crippen molar-refractivity contribution in [2.24, 2.45) is 0 Å². The molecule has 0 N–H and O–H groups in total. The van der Waals surface area contributed by atoms with Crippen molar-refractivity contribution in [3.8, 4) is 5.75 Å². The second kappa shape index (κ2) is 8.73. The number of benzene rings is 2. The molecule has 7 heteroatoms. The summed E-state index contributed by atoms with van der Waals surface area (Å²) in [6.45, 7) is 7.14. The highest BCUT2D eigenvalue weighted by atomic mass is 35.5. The van der Waals surface area contributed by atoms with Crippen LogP contribution in [0, 0.1) is 0 Å². The lowest BCUT2D eigenvalue weighted by Crippen LogP contribution is -2.37. The van der Waals surface area contributed by atoms with Crippen LogP contribution in [-0.4, -0.2) is 49.0 Å². The SMILES string of the molecule is CCN(CC)CCN1C(=O)c2oc3cc(OC)ccc3c(=O)c2C1c1ccc(Cl)cc1. The maximum Gasteiger partial charge on any atom is 0.290 e. The summed E-state index contributed by atoms with van der Waals surface area (Å²) >= 11 is 6.08. The van der Waals surface area contributed by atoms with Gasteiger partial charge in [0.15, 0.2) is 5.43 Å². The lowest BCUT2D eigenvalue weighted by molar-refractivity contribution is 0.0708. The highest BCUT2D eigenvalue weighted by molar-refractivity contribution is 6.30. The Morgan fingerprint density at radius 3 is 2.45 bits per heavy atom. The maximum absolute atomic E-state index is 13.5.